The summed E-state index contributed by atoms with van der Waals surface area (Å²) in [4.78, 5) is 6.80. The minimum absolute atomic E-state index is 0.393. The van der Waals surface area contributed by atoms with Gasteiger partial charge in [0.25, 0.3) is 0 Å². The molecule has 106 valence electrons. The Bertz CT molecular complexity index is 364. The van der Waals surface area contributed by atoms with Crippen LogP contribution < -0.4 is 5.32 Å². The first kappa shape index (κ1) is 14.5. The molecule has 1 unspecified atom stereocenters. The highest BCUT2D eigenvalue weighted by molar-refractivity contribution is 5.13. The fourth-order valence-electron chi connectivity index (χ4n) is 2.88. The summed E-state index contributed by atoms with van der Waals surface area (Å²) in [5.74, 6) is 0. The van der Waals surface area contributed by atoms with E-state index >= 15 is 0 Å². The molecule has 0 amide bonds. The summed E-state index contributed by atoms with van der Waals surface area (Å²) in [7, 11) is 0. The summed E-state index contributed by atoms with van der Waals surface area (Å²) in [5, 5.41) is 3.77. The third-order valence-electron chi connectivity index (χ3n) is 4.16. The van der Waals surface area contributed by atoms with Gasteiger partial charge in [0.2, 0.25) is 0 Å². The maximum atomic E-state index is 4.20. The number of likely N-dealkylation sites (tertiary alicyclic amines) is 1. The van der Waals surface area contributed by atoms with Crippen LogP contribution in [0.15, 0.2) is 24.5 Å². The van der Waals surface area contributed by atoms with Crippen LogP contribution in [0.4, 0.5) is 0 Å². The average molecular weight is 261 g/mol. The van der Waals surface area contributed by atoms with Gasteiger partial charge in [-0.1, -0.05) is 6.07 Å². The molecule has 1 N–H and O–H groups in total. The molecule has 1 aromatic heterocycles. The van der Waals surface area contributed by atoms with Crippen molar-refractivity contribution in [2.24, 2.45) is 0 Å². The summed E-state index contributed by atoms with van der Waals surface area (Å²) in [5.41, 5.74) is 1.28. The number of rotatable bonds is 4. The highest BCUT2D eigenvalue weighted by atomic mass is 15.1. The fourth-order valence-corrected chi connectivity index (χ4v) is 2.88. The second-order valence-electron chi connectivity index (χ2n) is 5.93. The lowest BCUT2D eigenvalue weighted by molar-refractivity contribution is 0.228. The number of nitrogens with zero attached hydrogens (tertiary/aromatic N) is 2. The summed E-state index contributed by atoms with van der Waals surface area (Å²) in [6.45, 7) is 9.30. The van der Waals surface area contributed by atoms with Gasteiger partial charge >= 0.3 is 0 Å². The first-order chi connectivity index (χ1) is 9.16. The maximum Gasteiger partial charge on any atom is 0.0315 e. The van der Waals surface area contributed by atoms with Crippen molar-refractivity contribution in [3.05, 3.63) is 30.1 Å². The second kappa shape index (κ2) is 7.01. The van der Waals surface area contributed by atoms with E-state index in [4.69, 9.17) is 0 Å². The Balaban J connectivity index is 1.86. The van der Waals surface area contributed by atoms with E-state index in [2.05, 4.69) is 42.0 Å². The van der Waals surface area contributed by atoms with Gasteiger partial charge in [0, 0.05) is 30.5 Å². The molecular formula is C16H27N3. The second-order valence-corrected chi connectivity index (χ2v) is 5.93. The van der Waals surface area contributed by atoms with Crippen molar-refractivity contribution in [1.82, 2.24) is 15.2 Å². The first-order valence-electron chi connectivity index (χ1n) is 7.57. The zero-order chi connectivity index (χ0) is 13.7. The van der Waals surface area contributed by atoms with E-state index in [-0.39, 0.29) is 0 Å². The highest BCUT2D eigenvalue weighted by Crippen LogP contribution is 2.17. The van der Waals surface area contributed by atoms with Crippen LogP contribution in [0, 0.1) is 0 Å². The third kappa shape index (κ3) is 4.29. The van der Waals surface area contributed by atoms with E-state index in [1.165, 1.54) is 37.9 Å². The van der Waals surface area contributed by atoms with E-state index in [1.807, 2.05) is 18.5 Å². The van der Waals surface area contributed by atoms with Crippen molar-refractivity contribution in [2.45, 2.75) is 58.2 Å². The van der Waals surface area contributed by atoms with Crippen LogP contribution in [-0.2, 0) is 0 Å². The van der Waals surface area contributed by atoms with Crippen molar-refractivity contribution in [3.63, 3.8) is 0 Å². The molecule has 0 aromatic carbocycles. The number of aromatic nitrogens is 1. The predicted octanol–water partition coefficient (Wildman–Crippen LogP) is 3.00. The van der Waals surface area contributed by atoms with E-state index < -0.39 is 0 Å². The molecule has 2 rings (SSSR count). The topological polar surface area (TPSA) is 28.2 Å². The van der Waals surface area contributed by atoms with Crippen molar-refractivity contribution in [3.8, 4) is 0 Å². The lowest BCUT2D eigenvalue weighted by Gasteiger charge is -2.25. The van der Waals surface area contributed by atoms with Gasteiger partial charge in [-0.2, -0.15) is 0 Å². The SMILES string of the molecule is CC(C)N1CCCC(N[C@@H](C)c2cccnc2)CC1. The number of hydrogen-bond donors (Lipinski definition) is 1. The largest absolute Gasteiger partial charge is 0.307 e. The Morgan fingerprint density at radius 1 is 1.26 bits per heavy atom. The fraction of sp³-hybridized carbons (Fsp3) is 0.688. The van der Waals surface area contributed by atoms with Crippen LogP contribution >= 0.6 is 0 Å². The monoisotopic (exact) mass is 261 g/mol. The molecule has 2 atom stereocenters. The van der Waals surface area contributed by atoms with Crippen LogP contribution in [0.1, 0.15) is 51.6 Å². The Morgan fingerprint density at radius 2 is 2.11 bits per heavy atom. The van der Waals surface area contributed by atoms with E-state index in [9.17, 15) is 0 Å². The van der Waals surface area contributed by atoms with Crippen LogP contribution in [-0.4, -0.2) is 35.1 Å². The van der Waals surface area contributed by atoms with E-state index in [1.54, 1.807) is 0 Å². The van der Waals surface area contributed by atoms with Gasteiger partial charge in [0.1, 0.15) is 0 Å². The lowest BCUT2D eigenvalue weighted by Crippen LogP contribution is -2.35. The number of pyridine rings is 1. The Hall–Kier alpha value is -0.930. The normalized spacial score (nSPS) is 23.3. The molecule has 0 aliphatic carbocycles. The summed E-state index contributed by atoms with van der Waals surface area (Å²) in [6.07, 6.45) is 7.64. The Kier molecular flexibility index (Phi) is 5.34. The molecule has 0 radical (unpaired) electrons. The van der Waals surface area contributed by atoms with Crippen molar-refractivity contribution < 1.29 is 0 Å². The standard InChI is InChI=1S/C16H27N3/c1-13(2)19-10-5-7-16(8-11-19)18-14(3)15-6-4-9-17-12-15/h4,6,9,12-14,16,18H,5,7-8,10-11H2,1-3H3/t14-,16?/m0/s1. The molecule has 1 aliphatic heterocycles. The molecule has 0 bridgehead atoms. The lowest BCUT2D eigenvalue weighted by atomic mass is 10.1. The molecular weight excluding hydrogens is 234 g/mol. The summed E-state index contributed by atoms with van der Waals surface area (Å²) in [6, 6.07) is 5.88. The molecule has 1 fully saturated rings. The van der Waals surface area contributed by atoms with Gasteiger partial charge in [-0.05, 0) is 64.8 Å². The molecule has 0 spiro atoms. The van der Waals surface area contributed by atoms with Gasteiger partial charge in [0.15, 0.2) is 0 Å². The Labute approximate surface area is 117 Å². The minimum atomic E-state index is 0.393. The molecule has 1 aromatic rings. The van der Waals surface area contributed by atoms with Gasteiger partial charge in [0.05, 0.1) is 0 Å². The molecule has 1 saturated heterocycles. The molecule has 3 nitrogen and oxygen atoms in total. The number of hydrogen-bond acceptors (Lipinski definition) is 3. The van der Waals surface area contributed by atoms with Crippen LogP contribution in [0.2, 0.25) is 0 Å². The quantitative estimate of drug-likeness (QED) is 0.903. The van der Waals surface area contributed by atoms with Crippen LogP contribution in [0.25, 0.3) is 0 Å². The zero-order valence-electron chi connectivity index (χ0n) is 12.5. The summed E-state index contributed by atoms with van der Waals surface area (Å²) < 4.78 is 0. The van der Waals surface area contributed by atoms with Gasteiger partial charge in [-0.3, -0.25) is 4.98 Å². The van der Waals surface area contributed by atoms with Gasteiger partial charge in [-0.25, -0.2) is 0 Å². The third-order valence-corrected chi connectivity index (χ3v) is 4.16. The van der Waals surface area contributed by atoms with Gasteiger partial charge < -0.3 is 10.2 Å². The molecule has 19 heavy (non-hydrogen) atoms. The molecule has 1 aliphatic rings. The zero-order valence-corrected chi connectivity index (χ0v) is 12.5. The maximum absolute atomic E-state index is 4.20. The van der Waals surface area contributed by atoms with Crippen molar-refractivity contribution in [2.75, 3.05) is 13.1 Å². The number of nitrogens with one attached hydrogen (secondary N) is 1. The smallest absolute Gasteiger partial charge is 0.0315 e. The first-order valence-corrected chi connectivity index (χ1v) is 7.57. The predicted molar refractivity (Wildman–Crippen MR) is 80.1 cm³/mol. The van der Waals surface area contributed by atoms with Crippen molar-refractivity contribution >= 4 is 0 Å². The Morgan fingerprint density at radius 3 is 2.79 bits per heavy atom. The average Bonchev–Trinajstić information content (AvgIpc) is 2.65. The molecule has 2 heterocycles. The van der Waals surface area contributed by atoms with Crippen molar-refractivity contribution in [1.29, 1.82) is 0 Å². The minimum Gasteiger partial charge on any atom is -0.307 e. The van der Waals surface area contributed by atoms with Crippen LogP contribution in [0.3, 0.4) is 0 Å². The molecule has 0 saturated carbocycles. The van der Waals surface area contributed by atoms with E-state index in [0.717, 1.165) is 0 Å². The molecule has 3 heteroatoms. The van der Waals surface area contributed by atoms with E-state index in [0.29, 0.717) is 18.1 Å². The summed E-state index contributed by atoms with van der Waals surface area (Å²) >= 11 is 0. The highest BCUT2D eigenvalue weighted by Gasteiger charge is 2.20. The van der Waals surface area contributed by atoms with Gasteiger partial charge in [-0.15, -0.1) is 0 Å². The van der Waals surface area contributed by atoms with Crippen LogP contribution in [0.5, 0.6) is 0 Å².